The molecule has 0 spiro atoms. The summed E-state index contributed by atoms with van der Waals surface area (Å²) in [6.07, 6.45) is 1.04. The first-order valence-corrected chi connectivity index (χ1v) is 5.58. The highest BCUT2D eigenvalue weighted by Gasteiger charge is 2.05. The van der Waals surface area contributed by atoms with E-state index in [1.165, 1.54) is 6.07 Å². The number of hydrogen-bond acceptors (Lipinski definition) is 2. The summed E-state index contributed by atoms with van der Waals surface area (Å²) in [7, 11) is 0. The number of nitrogens with one attached hydrogen (secondary N) is 1. The Kier molecular flexibility index (Phi) is 5.63. The molecule has 0 fully saturated rings. The number of rotatable bonds is 7. The molecule has 0 atom stereocenters. The summed E-state index contributed by atoms with van der Waals surface area (Å²) in [5.41, 5.74) is 0.821. The van der Waals surface area contributed by atoms with Gasteiger partial charge < -0.3 is 10.1 Å². The van der Waals surface area contributed by atoms with E-state index >= 15 is 0 Å². The molecule has 0 saturated heterocycles. The average molecular weight is 241 g/mol. The smallest absolute Gasteiger partial charge is 0.167 e. The van der Waals surface area contributed by atoms with Gasteiger partial charge in [-0.15, -0.1) is 0 Å². The van der Waals surface area contributed by atoms with Crippen molar-refractivity contribution >= 4 is 0 Å². The van der Waals surface area contributed by atoms with Gasteiger partial charge in [0.15, 0.2) is 11.6 Å². The summed E-state index contributed by atoms with van der Waals surface area (Å²) in [6.45, 7) is 7.64. The summed E-state index contributed by atoms with van der Waals surface area (Å²) in [5, 5.41) is 3.16. The minimum atomic E-state index is -0.695. The minimum absolute atomic E-state index is 0.0445. The van der Waals surface area contributed by atoms with Crippen LogP contribution in [-0.4, -0.2) is 19.7 Å². The molecule has 1 aromatic carbocycles. The quantitative estimate of drug-likeness (QED) is 0.585. The zero-order valence-corrected chi connectivity index (χ0v) is 9.93. The fraction of sp³-hybridized carbons (Fsp3) is 0.385. The first-order valence-electron chi connectivity index (χ1n) is 5.58. The van der Waals surface area contributed by atoms with Gasteiger partial charge in [0.05, 0.1) is 0 Å². The van der Waals surface area contributed by atoms with E-state index < -0.39 is 11.6 Å². The van der Waals surface area contributed by atoms with Crippen LogP contribution < -0.4 is 10.1 Å². The molecule has 0 saturated carbocycles. The molecule has 1 aromatic rings. The van der Waals surface area contributed by atoms with Crippen LogP contribution in [0.2, 0.25) is 0 Å². The molecular weight excluding hydrogens is 224 g/mol. The lowest BCUT2D eigenvalue weighted by molar-refractivity contribution is 0.328. The van der Waals surface area contributed by atoms with Crippen molar-refractivity contribution in [2.75, 3.05) is 19.7 Å². The van der Waals surface area contributed by atoms with E-state index in [1.54, 1.807) is 0 Å². The number of halogens is 2. The van der Waals surface area contributed by atoms with Crippen molar-refractivity contribution in [2.45, 2.75) is 13.3 Å². The molecule has 0 aliphatic heterocycles. The van der Waals surface area contributed by atoms with Gasteiger partial charge in [-0.25, -0.2) is 8.78 Å². The highest BCUT2D eigenvalue weighted by Crippen LogP contribution is 2.17. The fourth-order valence-electron chi connectivity index (χ4n) is 1.27. The number of ether oxygens (including phenoxy) is 1. The van der Waals surface area contributed by atoms with Crippen LogP contribution in [0.3, 0.4) is 0 Å². The summed E-state index contributed by atoms with van der Waals surface area (Å²) >= 11 is 0. The van der Waals surface area contributed by atoms with Crippen molar-refractivity contribution in [2.24, 2.45) is 0 Å². The van der Waals surface area contributed by atoms with Crippen LogP contribution >= 0.6 is 0 Å². The molecule has 0 amide bonds. The topological polar surface area (TPSA) is 21.3 Å². The third kappa shape index (κ3) is 4.95. The molecule has 0 heterocycles. The highest BCUT2D eigenvalue weighted by atomic mass is 19.1. The first-order chi connectivity index (χ1) is 8.13. The number of hydrogen-bond donors (Lipinski definition) is 1. The van der Waals surface area contributed by atoms with Crippen LogP contribution in [0.1, 0.15) is 13.3 Å². The van der Waals surface area contributed by atoms with Crippen LogP contribution in [-0.2, 0) is 0 Å². The summed E-state index contributed by atoms with van der Waals surface area (Å²) in [5.74, 6) is -1.26. The van der Waals surface area contributed by atoms with E-state index in [0.29, 0.717) is 6.54 Å². The van der Waals surface area contributed by atoms with Gasteiger partial charge in [0.1, 0.15) is 12.4 Å². The van der Waals surface area contributed by atoms with Gasteiger partial charge in [-0.3, -0.25) is 0 Å². The Labute approximate surface area is 100 Å². The molecule has 0 bridgehead atoms. The second-order valence-corrected chi connectivity index (χ2v) is 3.79. The van der Waals surface area contributed by atoms with E-state index in [9.17, 15) is 8.78 Å². The van der Waals surface area contributed by atoms with Crippen molar-refractivity contribution in [3.8, 4) is 5.75 Å². The maximum Gasteiger partial charge on any atom is 0.167 e. The Balaban J connectivity index is 2.37. The predicted octanol–water partition coefficient (Wildman–Crippen LogP) is 2.90. The fourth-order valence-corrected chi connectivity index (χ4v) is 1.27. The van der Waals surface area contributed by atoms with Crippen molar-refractivity contribution in [3.63, 3.8) is 0 Å². The Morgan fingerprint density at radius 3 is 2.82 bits per heavy atom. The molecule has 94 valence electrons. The Hall–Kier alpha value is -1.42. The molecule has 1 rings (SSSR count). The van der Waals surface area contributed by atoms with E-state index in [4.69, 9.17) is 4.74 Å². The lowest BCUT2D eigenvalue weighted by Crippen LogP contribution is -2.20. The Morgan fingerprint density at radius 1 is 1.41 bits per heavy atom. The molecular formula is C13H17F2NO. The van der Waals surface area contributed by atoms with Crippen LogP contribution in [0.25, 0.3) is 0 Å². The van der Waals surface area contributed by atoms with E-state index in [-0.39, 0.29) is 12.4 Å². The van der Waals surface area contributed by atoms with Gasteiger partial charge in [0, 0.05) is 12.6 Å². The standard InChI is InChI=1S/C13H17F2NO/c1-3-6-16-8-10(2)9-17-13-5-4-11(14)7-12(13)15/h4-5,7,16H,2-3,6,8-9H2,1H3. The van der Waals surface area contributed by atoms with Gasteiger partial charge in [-0.2, -0.15) is 0 Å². The molecule has 1 N–H and O–H groups in total. The minimum Gasteiger partial charge on any atom is -0.486 e. The van der Waals surface area contributed by atoms with Crippen molar-refractivity contribution in [3.05, 3.63) is 42.0 Å². The summed E-state index contributed by atoms with van der Waals surface area (Å²) < 4.78 is 31.0. The van der Waals surface area contributed by atoms with Crippen molar-refractivity contribution < 1.29 is 13.5 Å². The third-order valence-electron chi connectivity index (χ3n) is 2.13. The van der Waals surface area contributed by atoms with Crippen molar-refractivity contribution in [1.29, 1.82) is 0 Å². The van der Waals surface area contributed by atoms with Gasteiger partial charge in [0.25, 0.3) is 0 Å². The number of benzene rings is 1. The Bertz CT molecular complexity index is 380. The molecule has 0 aliphatic rings. The maximum atomic E-state index is 13.2. The molecule has 17 heavy (non-hydrogen) atoms. The second-order valence-electron chi connectivity index (χ2n) is 3.79. The normalized spacial score (nSPS) is 10.3. The molecule has 4 heteroatoms. The summed E-state index contributed by atoms with van der Waals surface area (Å²) in [4.78, 5) is 0. The average Bonchev–Trinajstić information content (AvgIpc) is 2.28. The second kappa shape index (κ2) is 7.01. The largest absolute Gasteiger partial charge is 0.486 e. The molecule has 0 radical (unpaired) electrons. The zero-order chi connectivity index (χ0) is 12.7. The van der Waals surface area contributed by atoms with E-state index in [0.717, 1.165) is 30.7 Å². The van der Waals surface area contributed by atoms with E-state index in [2.05, 4.69) is 18.8 Å². The van der Waals surface area contributed by atoms with Crippen LogP contribution in [0.4, 0.5) is 8.78 Å². The van der Waals surface area contributed by atoms with E-state index in [1.807, 2.05) is 0 Å². The zero-order valence-electron chi connectivity index (χ0n) is 9.93. The predicted molar refractivity (Wildman–Crippen MR) is 64.2 cm³/mol. The first kappa shape index (κ1) is 13.6. The van der Waals surface area contributed by atoms with Crippen LogP contribution in [0, 0.1) is 11.6 Å². The van der Waals surface area contributed by atoms with Crippen molar-refractivity contribution in [1.82, 2.24) is 5.32 Å². The molecule has 2 nitrogen and oxygen atoms in total. The van der Waals surface area contributed by atoms with Crippen LogP contribution in [0.5, 0.6) is 5.75 Å². The van der Waals surface area contributed by atoms with Gasteiger partial charge in [-0.05, 0) is 30.7 Å². The summed E-state index contributed by atoms with van der Waals surface area (Å²) in [6, 6.07) is 3.24. The SMILES string of the molecule is C=C(CNCCC)COc1ccc(F)cc1F. The highest BCUT2D eigenvalue weighted by molar-refractivity contribution is 5.25. The lowest BCUT2D eigenvalue weighted by Gasteiger charge is -2.10. The molecule has 0 aliphatic carbocycles. The van der Waals surface area contributed by atoms with Crippen LogP contribution in [0.15, 0.2) is 30.4 Å². The third-order valence-corrected chi connectivity index (χ3v) is 2.13. The monoisotopic (exact) mass is 241 g/mol. The molecule has 0 unspecified atom stereocenters. The lowest BCUT2D eigenvalue weighted by atomic mass is 10.3. The van der Waals surface area contributed by atoms with Gasteiger partial charge in [0.2, 0.25) is 0 Å². The van der Waals surface area contributed by atoms with Gasteiger partial charge in [-0.1, -0.05) is 13.5 Å². The van der Waals surface area contributed by atoms with Gasteiger partial charge >= 0.3 is 0 Å². The Morgan fingerprint density at radius 2 is 2.18 bits per heavy atom. The maximum absolute atomic E-state index is 13.2. The molecule has 0 aromatic heterocycles.